The molecule has 2 fully saturated rings. The Morgan fingerprint density at radius 3 is 2.74 bits per heavy atom. The summed E-state index contributed by atoms with van der Waals surface area (Å²) in [6.07, 6.45) is 7.56. The third-order valence-electron chi connectivity index (χ3n) is 4.89. The largest absolute Gasteiger partial charge is 0.480 e. The molecule has 0 bridgehead atoms. The Bertz CT molecular complexity index is 303. The highest BCUT2D eigenvalue weighted by molar-refractivity contribution is 5.79. The average molecular weight is 268 g/mol. The summed E-state index contributed by atoms with van der Waals surface area (Å²) in [7, 11) is 0. The highest BCUT2D eigenvalue weighted by atomic mass is 16.4. The Labute approximate surface area is 116 Å². The van der Waals surface area contributed by atoms with Crippen LogP contribution >= 0.6 is 0 Å². The monoisotopic (exact) mass is 268 g/mol. The molecule has 0 radical (unpaired) electrons. The molecule has 1 saturated heterocycles. The van der Waals surface area contributed by atoms with Crippen LogP contribution in [0.4, 0.5) is 0 Å². The second kappa shape index (κ2) is 6.71. The number of carboxylic acids is 1. The minimum absolute atomic E-state index is 0.303. The molecule has 0 amide bonds. The van der Waals surface area contributed by atoms with Gasteiger partial charge in [0.25, 0.3) is 0 Å². The molecule has 0 spiro atoms. The third-order valence-corrected chi connectivity index (χ3v) is 4.89. The summed E-state index contributed by atoms with van der Waals surface area (Å²) in [5, 5.41) is 13.0. The maximum absolute atomic E-state index is 11.8. The fraction of sp³-hybridized carbons (Fsp3) is 0.933. The van der Waals surface area contributed by atoms with Crippen LogP contribution in [0.25, 0.3) is 0 Å². The van der Waals surface area contributed by atoms with Gasteiger partial charge in [-0.05, 0) is 70.6 Å². The van der Waals surface area contributed by atoms with Crippen molar-refractivity contribution >= 4 is 5.97 Å². The first-order chi connectivity index (χ1) is 9.19. The van der Waals surface area contributed by atoms with E-state index in [2.05, 4.69) is 17.1 Å². The van der Waals surface area contributed by atoms with E-state index in [1.54, 1.807) is 0 Å². The predicted molar refractivity (Wildman–Crippen MR) is 76.3 cm³/mol. The topological polar surface area (TPSA) is 52.6 Å². The van der Waals surface area contributed by atoms with Crippen LogP contribution in [-0.2, 0) is 4.79 Å². The summed E-state index contributed by atoms with van der Waals surface area (Å²) in [5.74, 6) is -0.331. The van der Waals surface area contributed by atoms with E-state index in [1.165, 1.54) is 25.9 Å². The fourth-order valence-electron chi connectivity index (χ4n) is 3.75. The molecule has 0 aromatic rings. The van der Waals surface area contributed by atoms with Gasteiger partial charge < -0.3 is 15.3 Å². The van der Waals surface area contributed by atoms with Crippen LogP contribution in [0.3, 0.4) is 0 Å². The second-order valence-corrected chi connectivity index (χ2v) is 6.13. The predicted octanol–water partition coefficient (Wildman–Crippen LogP) is 2.10. The fourth-order valence-corrected chi connectivity index (χ4v) is 3.75. The smallest absolute Gasteiger partial charge is 0.324 e. The van der Waals surface area contributed by atoms with Crippen molar-refractivity contribution in [3.05, 3.63) is 0 Å². The average Bonchev–Trinajstić information content (AvgIpc) is 3.03. The van der Waals surface area contributed by atoms with E-state index in [1.807, 2.05) is 0 Å². The van der Waals surface area contributed by atoms with Gasteiger partial charge in [0.05, 0.1) is 0 Å². The lowest BCUT2D eigenvalue weighted by Crippen LogP contribution is -2.55. The second-order valence-electron chi connectivity index (χ2n) is 6.13. The molecule has 0 aromatic carbocycles. The Balaban J connectivity index is 1.93. The number of aliphatic carboxylic acids is 1. The van der Waals surface area contributed by atoms with Crippen LogP contribution < -0.4 is 5.32 Å². The van der Waals surface area contributed by atoms with Crippen molar-refractivity contribution in [2.75, 3.05) is 26.2 Å². The maximum Gasteiger partial charge on any atom is 0.324 e. The Hall–Kier alpha value is -0.610. The summed E-state index contributed by atoms with van der Waals surface area (Å²) >= 11 is 0. The van der Waals surface area contributed by atoms with Gasteiger partial charge in [-0.3, -0.25) is 4.79 Å². The van der Waals surface area contributed by atoms with Gasteiger partial charge in [0.1, 0.15) is 5.54 Å². The standard InChI is InChI=1S/C15H28N2O2/c1-2-9-16-15(14(18)19)8-5-6-13(15)7-12-17-10-3-4-11-17/h13,16H,2-12H2,1H3,(H,18,19). The molecule has 2 aliphatic rings. The van der Waals surface area contributed by atoms with Gasteiger partial charge in [-0.25, -0.2) is 0 Å². The van der Waals surface area contributed by atoms with E-state index in [4.69, 9.17) is 0 Å². The number of carboxylic acid groups (broad SMARTS) is 1. The lowest BCUT2D eigenvalue weighted by Gasteiger charge is -2.33. The number of rotatable bonds is 7. The summed E-state index contributed by atoms with van der Waals surface area (Å²) in [6, 6.07) is 0. The molecule has 1 aliphatic carbocycles. The molecule has 4 nitrogen and oxygen atoms in total. The van der Waals surface area contributed by atoms with Gasteiger partial charge in [0, 0.05) is 0 Å². The van der Waals surface area contributed by atoms with Gasteiger partial charge in [-0.15, -0.1) is 0 Å². The molecule has 1 heterocycles. The van der Waals surface area contributed by atoms with E-state index in [0.717, 1.165) is 45.2 Å². The van der Waals surface area contributed by atoms with Crippen molar-refractivity contribution in [1.82, 2.24) is 10.2 Å². The highest BCUT2D eigenvalue weighted by Gasteiger charge is 2.48. The van der Waals surface area contributed by atoms with Gasteiger partial charge in [-0.1, -0.05) is 13.3 Å². The minimum atomic E-state index is -0.643. The van der Waals surface area contributed by atoms with Gasteiger partial charge in [-0.2, -0.15) is 0 Å². The first kappa shape index (κ1) is 14.8. The molecule has 110 valence electrons. The number of hydrogen-bond donors (Lipinski definition) is 2. The summed E-state index contributed by atoms with van der Waals surface area (Å²) < 4.78 is 0. The van der Waals surface area contributed by atoms with Crippen LogP contribution in [0.2, 0.25) is 0 Å². The quantitative estimate of drug-likeness (QED) is 0.742. The first-order valence-electron chi connectivity index (χ1n) is 7.90. The molecule has 2 N–H and O–H groups in total. The van der Waals surface area contributed by atoms with Gasteiger partial charge >= 0.3 is 5.97 Å². The number of carbonyl (C=O) groups is 1. The zero-order chi connectivity index (χ0) is 13.7. The Morgan fingerprint density at radius 2 is 2.11 bits per heavy atom. The van der Waals surface area contributed by atoms with E-state index in [9.17, 15) is 9.90 Å². The van der Waals surface area contributed by atoms with Crippen molar-refractivity contribution in [3.8, 4) is 0 Å². The third kappa shape index (κ3) is 3.29. The molecule has 4 heteroatoms. The van der Waals surface area contributed by atoms with E-state index in [-0.39, 0.29) is 0 Å². The van der Waals surface area contributed by atoms with Crippen LogP contribution in [-0.4, -0.2) is 47.7 Å². The lowest BCUT2D eigenvalue weighted by molar-refractivity contribution is -0.146. The number of nitrogens with zero attached hydrogens (tertiary/aromatic N) is 1. The zero-order valence-electron chi connectivity index (χ0n) is 12.2. The van der Waals surface area contributed by atoms with E-state index in [0.29, 0.717) is 5.92 Å². The van der Waals surface area contributed by atoms with Gasteiger partial charge in [0.2, 0.25) is 0 Å². The van der Waals surface area contributed by atoms with Crippen LogP contribution in [0, 0.1) is 5.92 Å². The first-order valence-corrected chi connectivity index (χ1v) is 7.90. The van der Waals surface area contributed by atoms with Crippen molar-refractivity contribution in [2.45, 2.75) is 57.4 Å². The van der Waals surface area contributed by atoms with Crippen LogP contribution in [0.1, 0.15) is 51.9 Å². The molecule has 1 aliphatic heterocycles. The van der Waals surface area contributed by atoms with Crippen molar-refractivity contribution in [3.63, 3.8) is 0 Å². The van der Waals surface area contributed by atoms with Crippen molar-refractivity contribution in [2.24, 2.45) is 5.92 Å². The highest BCUT2D eigenvalue weighted by Crippen LogP contribution is 2.38. The normalized spacial score (nSPS) is 31.9. The summed E-state index contributed by atoms with van der Waals surface area (Å²) in [6.45, 7) is 6.39. The minimum Gasteiger partial charge on any atom is -0.480 e. The Kier molecular flexibility index (Phi) is 5.22. The molecule has 2 rings (SSSR count). The molecule has 2 atom stereocenters. The molecule has 2 unspecified atom stereocenters. The maximum atomic E-state index is 11.8. The molecule has 19 heavy (non-hydrogen) atoms. The van der Waals surface area contributed by atoms with Crippen molar-refractivity contribution in [1.29, 1.82) is 0 Å². The van der Waals surface area contributed by atoms with E-state index < -0.39 is 11.5 Å². The number of hydrogen-bond acceptors (Lipinski definition) is 3. The molecule has 1 saturated carbocycles. The van der Waals surface area contributed by atoms with E-state index >= 15 is 0 Å². The van der Waals surface area contributed by atoms with Crippen LogP contribution in [0.15, 0.2) is 0 Å². The molecule has 0 aromatic heterocycles. The molecular weight excluding hydrogens is 240 g/mol. The number of likely N-dealkylation sites (tertiary alicyclic amines) is 1. The Morgan fingerprint density at radius 1 is 1.37 bits per heavy atom. The zero-order valence-corrected chi connectivity index (χ0v) is 12.2. The van der Waals surface area contributed by atoms with Crippen molar-refractivity contribution < 1.29 is 9.90 Å². The number of nitrogens with one attached hydrogen (secondary N) is 1. The van der Waals surface area contributed by atoms with Crippen LogP contribution in [0.5, 0.6) is 0 Å². The molecular formula is C15H28N2O2. The summed E-state index contributed by atoms with van der Waals surface area (Å²) in [5.41, 5.74) is -0.643. The van der Waals surface area contributed by atoms with Gasteiger partial charge in [0.15, 0.2) is 0 Å². The lowest BCUT2D eigenvalue weighted by atomic mass is 9.84. The summed E-state index contributed by atoms with van der Waals surface area (Å²) in [4.78, 5) is 14.3. The SMILES string of the molecule is CCCNC1(C(=O)O)CCCC1CCN1CCCC1.